The number of likely N-dealkylation sites (tertiary alicyclic amines) is 1. The summed E-state index contributed by atoms with van der Waals surface area (Å²) < 4.78 is 198. The Morgan fingerprint density at radius 1 is 0.442 bits per heavy atom. The van der Waals surface area contributed by atoms with Gasteiger partial charge in [0.05, 0.1) is 32.2 Å². The molecule has 0 aliphatic carbocycles. The normalized spacial score (nSPS) is 15.3. The van der Waals surface area contributed by atoms with Crippen LogP contribution in [-0.4, -0.2) is 285 Å². The number of anilines is 1. The van der Waals surface area contributed by atoms with Gasteiger partial charge in [0.25, 0.3) is 5.91 Å². The molecule has 754 valence electrons. The van der Waals surface area contributed by atoms with Crippen LogP contribution in [0.25, 0.3) is 0 Å². The van der Waals surface area contributed by atoms with Crippen molar-refractivity contribution in [2.45, 2.75) is 164 Å². The van der Waals surface area contributed by atoms with Crippen molar-refractivity contribution >= 4 is 158 Å². The number of hydrogen-bond donors (Lipinski definition) is 20. The summed E-state index contributed by atoms with van der Waals surface area (Å²) in [7, 11) is -26.0. The molecule has 1 unspecified atom stereocenters. The molecule has 60 heteroatoms. The number of rotatable bonds is 54. The van der Waals surface area contributed by atoms with Crippen LogP contribution in [0, 0.1) is 5.92 Å². The Morgan fingerprint density at radius 2 is 0.848 bits per heavy atom. The Hall–Kier alpha value is -14.2. The number of carbonyl (C=O) groups excluding carboxylic acids is 14. The quantitative estimate of drug-likeness (QED) is 0.00984. The SMILES string of the molecule is CC[C@H](C)[C@H](NC(=O)[C@H](CC(=O)O)NC(=O)[C@H](Cc1ccc(OS(=O)(=O)O)cc1)NC(=O)COc1ccccc1NC(=O)[C@@H](Cc1ccccc1)NC(=O)[C@@H]1CCCN1C(=O)C(=O)OC)C(=O)N[C@@H](CC(N)=O)C(=O)N[C@@H](Cc1ccc(OS(=O)(=O)O)cc1)C(=O)N[C@@H](Cc1ccc(OS(=O)(=O)O)cc1)C(=O)N[C@H](C(=O)N[C@@H](COS(=O)(=O)O)C(=O)N[C@@H](CCC(=O)O)C(=O)O)C(C)OS(=O)(=O)O. The first-order valence-electron chi connectivity index (χ1n) is 40.3. The van der Waals surface area contributed by atoms with Crippen molar-refractivity contribution < 1.29 is 192 Å². The smallest absolute Gasteiger partial charge is 0.446 e. The molecule has 1 aliphatic heterocycles. The summed E-state index contributed by atoms with van der Waals surface area (Å²) in [5.41, 5.74) is 5.74. The van der Waals surface area contributed by atoms with Crippen LogP contribution in [-0.2, 0) is 172 Å². The molecule has 0 bridgehead atoms. The Balaban J connectivity index is 1.33. The molecule has 1 fully saturated rings. The van der Waals surface area contributed by atoms with E-state index >= 15 is 4.79 Å². The van der Waals surface area contributed by atoms with Crippen molar-refractivity contribution in [3.8, 4) is 23.0 Å². The lowest BCUT2D eigenvalue weighted by molar-refractivity contribution is -0.159. The predicted octanol–water partition coefficient (Wildman–Crippen LogP) is -5.10. The van der Waals surface area contributed by atoms with Gasteiger partial charge in [0.2, 0.25) is 65.0 Å². The Labute approximate surface area is 784 Å². The zero-order valence-electron chi connectivity index (χ0n) is 72.6. The summed E-state index contributed by atoms with van der Waals surface area (Å²) in [4.78, 5) is 235. The molecule has 1 saturated heterocycles. The number of amides is 13. The minimum Gasteiger partial charge on any atom is -0.482 e. The van der Waals surface area contributed by atoms with Crippen molar-refractivity contribution in [3.63, 3.8) is 0 Å². The van der Waals surface area contributed by atoms with E-state index in [2.05, 4.69) is 68.2 Å². The molecular formula is C78H95N13O42S5. The van der Waals surface area contributed by atoms with Crippen LogP contribution in [0.1, 0.15) is 88.0 Å². The molecule has 0 radical (unpaired) electrons. The van der Waals surface area contributed by atoms with E-state index in [4.69, 9.17) is 10.5 Å². The van der Waals surface area contributed by atoms with Gasteiger partial charge in [-0.25, -0.2) is 18.0 Å². The largest absolute Gasteiger partial charge is 0.482 e. The monoisotopic (exact) mass is 2050 g/mol. The third kappa shape index (κ3) is 39.2. The average Bonchev–Trinajstić information content (AvgIpc) is 1.73. The lowest BCUT2D eigenvalue weighted by Crippen LogP contribution is -2.63. The van der Waals surface area contributed by atoms with Crippen LogP contribution in [0.4, 0.5) is 5.69 Å². The van der Waals surface area contributed by atoms with Gasteiger partial charge < -0.3 is 106 Å². The van der Waals surface area contributed by atoms with E-state index in [1.165, 1.54) is 38.1 Å². The van der Waals surface area contributed by atoms with Gasteiger partial charge in [0, 0.05) is 38.6 Å². The topological polar surface area (TPSA) is 849 Å². The molecule has 13 atom stereocenters. The van der Waals surface area contributed by atoms with E-state index in [0.29, 0.717) is 18.9 Å². The van der Waals surface area contributed by atoms with Crippen molar-refractivity contribution in [1.82, 2.24) is 58.1 Å². The van der Waals surface area contributed by atoms with Crippen LogP contribution in [0.3, 0.4) is 0 Å². The van der Waals surface area contributed by atoms with Crippen molar-refractivity contribution in [2.75, 3.05) is 32.2 Å². The van der Waals surface area contributed by atoms with Gasteiger partial charge in [0.15, 0.2) is 6.61 Å². The van der Waals surface area contributed by atoms with Crippen LogP contribution < -0.4 is 81.5 Å². The van der Waals surface area contributed by atoms with Gasteiger partial charge in [-0.2, -0.15) is 42.1 Å². The fourth-order valence-electron chi connectivity index (χ4n) is 13.0. The third-order valence-corrected chi connectivity index (χ3v) is 21.8. The molecule has 21 N–H and O–H groups in total. The van der Waals surface area contributed by atoms with Gasteiger partial charge in [-0.15, -0.1) is 0 Å². The number of carboxylic acid groups (broad SMARTS) is 3. The minimum absolute atomic E-state index is 0.0111. The highest BCUT2D eigenvalue weighted by Crippen LogP contribution is 2.27. The van der Waals surface area contributed by atoms with E-state index < -0.39 is 307 Å². The maximum atomic E-state index is 15.2. The number of para-hydroxylation sites is 2. The number of nitrogens with zero attached hydrogens (tertiary/aromatic N) is 1. The fraction of sp³-hybridized carbons (Fsp3) is 0.397. The summed E-state index contributed by atoms with van der Waals surface area (Å²) in [6.45, 7) is 0.666. The second-order valence-corrected chi connectivity index (χ2v) is 35.3. The number of benzene rings is 5. The number of primary amides is 1. The second kappa shape index (κ2) is 51.1. The molecule has 5 aromatic carbocycles. The van der Waals surface area contributed by atoms with Crippen molar-refractivity contribution in [1.29, 1.82) is 0 Å². The molecule has 0 aromatic heterocycles. The molecule has 1 heterocycles. The Bertz CT molecular complexity index is 5910. The number of methoxy groups -OCH3 is 1. The molecule has 0 saturated carbocycles. The molecule has 138 heavy (non-hydrogen) atoms. The lowest BCUT2D eigenvalue weighted by Gasteiger charge is -2.30. The molecule has 13 amide bonds. The van der Waals surface area contributed by atoms with E-state index in [-0.39, 0.29) is 53.9 Å². The third-order valence-electron chi connectivity index (χ3n) is 19.7. The van der Waals surface area contributed by atoms with Crippen molar-refractivity contribution in [2.24, 2.45) is 11.7 Å². The predicted molar refractivity (Wildman–Crippen MR) is 463 cm³/mol. The molecular weight excluding hydrogens is 1950 g/mol. The number of nitrogens with one attached hydrogen (secondary N) is 11. The highest BCUT2D eigenvalue weighted by molar-refractivity contribution is 7.82. The molecule has 5 aromatic rings. The zero-order chi connectivity index (χ0) is 103. The first-order valence-corrected chi connectivity index (χ1v) is 47.2. The maximum absolute atomic E-state index is 15.2. The zero-order valence-corrected chi connectivity index (χ0v) is 76.6. The second-order valence-electron chi connectivity index (χ2n) is 30.1. The van der Waals surface area contributed by atoms with Crippen LogP contribution in [0.2, 0.25) is 0 Å². The van der Waals surface area contributed by atoms with Crippen LogP contribution in [0.15, 0.2) is 127 Å². The lowest BCUT2D eigenvalue weighted by atomic mass is 9.96. The number of esters is 1. The van der Waals surface area contributed by atoms with Gasteiger partial charge in [0.1, 0.15) is 95.6 Å². The highest BCUT2D eigenvalue weighted by atomic mass is 32.3. The Morgan fingerprint density at radius 3 is 1.30 bits per heavy atom. The maximum Gasteiger partial charge on any atom is 0.446 e. The number of hydrogen-bond acceptors (Lipinski definition) is 34. The number of carbonyl (C=O) groups is 17. The number of aliphatic carboxylic acids is 3. The summed E-state index contributed by atoms with van der Waals surface area (Å²) in [5, 5.41) is 53.3. The van der Waals surface area contributed by atoms with Gasteiger partial charge in [-0.05, 0) is 103 Å². The number of ether oxygens (including phenoxy) is 2. The first kappa shape index (κ1) is 112. The van der Waals surface area contributed by atoms with E-state index in [1.807, 2.05) is 5.32 Å². The average molecular weight is 2050 g/mol. The summed E-state index contributed by atoms with van der Waals surface area (Å²) in [6, 6.07) is 2.29. The van der Waals surface area contributed by atoms with Gasteiger partial charge in [-0.3, -0.25) is 94.7 Å². The molecule has 1 aliphatic rings. The van der Waals surface area contributed by atoms with Gasteiger partial charge in [-0.1, -0.05) is 99.1 Å². The highest BCUT2D eigenvalue weighted by Gasteiger charge is 2.43. The minimum atomic E-state index is -5.77. The standard InChI is InChI=1S/C78H95N13O42S5/c1-5-40(2)64(89-71(103)56(37-63(96)97)85-66(98)51(33-43-17-23-46(24-18-43)131-136(118,119)120)80-61(93)39-128-59-16-10-9-14-49(59)81-67(99)53(32-42-12-7-6-8-13-42)86-73(105)58-15-11-31-91(58)76(108)78(111)127-4)74(106)87-55(36-60(79)92)69(101)83-52(34-44-19-25-47(26-20-44)132-137(121,122)123)68(100)84-54(35-45-21-27-48(28-22-45)133-138(124,125)126)70(102)90-65(41(3)130-135(115,116)117)75(107)88-57(38-129-134(112,113)114)72(104)82-50(77(109)110)29-30-62(94)95/h6-10,12-14,16-28,40-41,50-58,64-65H,5,11,15,29-39H2,1-4H3,(H2,79,92)(H,80,93)(H,81,99)(H,82,104)(H,83,101)(H,84,100)(H,85,98)(H,86,105)(H,87,106)(H,88,107)(H,89,103)(H,90,102)(H,94,95)(H,96,97)(H,109,110)(H,112,113,114)(H,115,116,117)(H,118,119,120)(H,121,122,123)(H,124,125,126)/t40-,41?,50-,51-,52-,53+,54-,55-,56-,57-,58-,64-,65-/m0/s1. The van der Waals surface area contributed by atoms with Gasteiger partial charge >= 0.3 is 81.8 Å². The number of nitrogens with two attached hydrogens (primary N) is 1. The fourth-order valence-corrected chi connectivity index (χ4v) is 14.8. The van der Waals surface area contributed by atoms with Crippen LogP contribution in [0.5, 0.6) is 23.0 Å². The number of carboxylic acids is 3. The Kier molecular flexibility index (Phi) is 41.6. The van der Waals surface area contributed by atoms with E-state index in [1.54, 1.807) is 41.0 Å². The van der Waals surface area contributed by atoms with E-state index in [0.717, 1.165) is 84.8 Å². The van der Waals surface area contributed by atoms with Crippen molar-refractivity contribution in [3.05, 3.63) is 150 Å². The summed E-state index contributed by atoms with van der Waals surface area (Å²) in [5.74, 6) is -27.8. The molecule has 6 rings (SSSR count). The summed E-state index contributed by atoms with van der Waals surface area (Å²) in [6.07, 6.45) is -9.17. The van der Waals surface area contributed by atoms with Crippen LogP contribution >= 0.6 is 0 Å². The summed E-state index contributed by atoms with van der Waals surface area (Å²) >= 11 is 0. The van der Waals surface area contributed by atoms with E-state index in [9.17, 15) is 157 Å². The first-order chi connectivity index (χ1) is 64.3. The molecule has 55 nitrogen and oxygen atoms in total. The molecule has 0 spiro atoms.